The van der Waals surface area contributed by atoms with Gasteiger partial charge in [-0.3, -0.25) is 0 Å². The van der Waals surface area contributed by atoms with Gasteiger partial charge in [-0.2, -0.15) is 0 Å². The van der Waals surface area contributed by atoms with Crippen LogP contribution in [0.5, 0.6) is 5.75 Å². The van der Waals surface area contributed by atoms with Crippen LogP contribution < -0.4 is 10.1 Å². The van der Waals surface area contributed by atoms with Crippen molar-refractivity contribution in [2.24, 2.45) is 0 Å². The third-order valence-corrected chi connectivity index (χ3v) is 4.78. The van der Waals surface area contributed by atoms with Crippen molar-refractivity contribution in [1.82, 2.24) is 10.2 Å². The second-order valence-electron chi connectivity index (χ2n) is 6.11. The number of nitrogens with zero attached hydrogens (tertiary/aromatic N) is 1. The Hall–Kier alpha value is -0.200. The summed E-state index contributed by atoms with van der Waals surface area (Å²) in [6.45, 7) is 3.21. The number of hydrogen-bond acceptors (Lipinski definition) is 3. The molecular formula is C19H25BrCl4N2O. The van der Waals surface area contributed by atoms with Gasteiger partial charge < -0.3 is 15.0 Å². The SMILES string of the molecule is CN(C)CCCNCc1cc(Br)ccc1OCc1ccc(Cl)cc1Cl.Cl.Cl. The molecule has 0 fully saturated rings. The maximum absolute atomic E-state index is 6.22. The van der Waals surface area contributed by atoms with E-state index in [2.05, 4.69) is 46.3 Å². The molecule has 0 unspecified atom stereocenters. The van der Waals surface area contributed by atoms with Gasteiger partial charge in [0.05, 0.1) is 0 Å². The third kappa shape index (κ3) is 9.71. The highest BCUT2D eigenvalue weighted by Gasteiger charge is 2.07. The van der Waals surface area contributed by atoms with Gasteiger partial charge >= 0.3 is 0 Å². The van der Waals surface area contributed by atoms with Crippen LogP contribution in [0.15, 0.2) is 40.9 Å². The molecule has 0 aliphatic rings. The number of nitrogens with one attached hydrogen (secondary N) is 1. The van der Waals surface area contributed by atoms with E-state index in [-0.39, 0.29) is 24.8 Å². The van der Waals surface area contributed by atoms with Crippen molar-refractivity contribution >= 4 is 63.9 Å². The van der Waals surface area contributed by atoms with Crippen molar-refractivity contribution in [3.63, 3.8) is 0 Å². The molecule has 1 N–H and O–H groups in total. The first kappa shape index (κ1) is 26.8. The Morgan fingerprint density at radius 2 is 1.78 bits per heavy atom. The van der Waals surface area contributed by atoms with Crippen LogP contribution in [0.1, 0.15) is 17.5 Å². The number of halogens is 5. The van der Waals surface area contributed by atoms with E-state index in [0.29, 0.717) is 16.7 Å². The Kier molecular flexibility index (Phi) is 13.8. The maximum atomic E-state index is 6.22. The Morgan fingerprint density at radius 3 is 2.44 bits per heavy atom. The van der Waals surface area contributed by atoms with E-state index in [1.807, 2.05) is 24.3 Å². The van der Waals surface area contributed by atoms with Crippen LogP contribution in [0.2, 0.25) is 10.0 Å². The molecule has 0 aliphatic carbocycles. The number of benzene rings is 2. The summed E-state index contributed by atoms with van der Waals surface area (Å²) in [4.78, 5) is 2.19. The predicted molar refractivity (Wildman–Crippen MR) is 124 cm³/mol. The normalized spacial score (nSPS) is 10.3. The lowest BCUT2D eigenvalue weighted by molar-refractivity contribution is 0.302. The molecule has 152 valence electrons. The molecule has 27 heavy (non-hydrogen) atoms. The van der Waals surface area contributed by atoms with E-state index in [1.165, 1.54) is 0 Å². The van der Waals surface area contributed by atoms with E-state index < -0.39 is 0 Å². The summed E-state index contributed by atoms with van der Waals surface area (Å²) in [6, 6.07) is 11.5. The largest absolute Gasteiger partial charge is 0.489 e. The fourth-order valence-corrected chi connectivity index (χ4v) is 3.24. The van der Waals surface area contributed by atoms with Crippen LogP contribution in [0.3, 0.4) is 0 Å². The van der Waals surface area contributed by atoms with Crippen molar-refractivity contribution in [1.29, 1.82) is 0 Å². The monoisotopic (exact) mass is 516 g/mol. The molecule has 0 saturated heterocycles. The van der Waals surface area contributed by atoms with Gasteiger partial charge in [-0.15, -0.1) is 24.8 Å². The number of ether oxygens (including phenoxy) is 1. The minimum atomic E-state index is 0. The first-order chi connectivity index (χ1) is 12.0. The van der Waals surface area contributed by atoms with Crippen molar-refractivity contribution < 1.29 is 4.74 Å². The summed E-state index contributed by atoms with van der Waals surface area (Å²) < 4.78 is 7.03. The first-order valence-electron chi connectivity index (χ1n) is 8.16. The van der Waals surface area contributed by atoms with Crippen LogP contribution in [0, 0.1) is 0 Å². The zero-order chi connectivity index (χ0) is 18.2. The van der Waals surface area contributed by atoms with Crippen LogP contribution >= 0.6 is 63.9 Å². The zero-order valence-electron chi connectivity index (χ0n) is 15.3. The molecule has 0 saturated carbocycles. The predicted octanol–water partition coefficient (Wildman–Crippen LogP) is 6.22. The van der Waals surface area contributed by atoms with Crippen molar-refractivity contribution in [3.05, 3.63) is 62.0 Å². The molecule has 8 heteroatoms. The van der Waals surface area contributed by atoms with Crippen LogP contribution in [0.25, 0.3) is 0 Å². The Labute approximate surface area is 192 Å². The average Bonchev–Trinajstić information content (AvgIpc) is 2.55. The Balaban J connectivity index is 0.00000338. The molecule has 0 aromatic heterocycles. The van der Waals surface area contributed by atoms with Crippen LogP contribution in [-0.4, -0.2) is 32.1 Å². The standard InChI is InChI=1S/C19H23BrCl2N2O.2ClH/c1-24(2)9-3-8-23-12-15-10-16(20)5-7-19(15)25-13-14-4-6-17(21)11-18(14)22;;/h4-7,10-11,23H,3,8-9,12-13H2,1-2H3;2*1H. The van der Waals surface area contributed by atoms with Gasteiger partial charge in [-0.25, -0.2) is 0 Å². The topological polar surface area (TPSA) is 24.5 Å². The highest BCUT2D eigenvalue weighted by atomic mass is 79.9. The zero-order valence-corrected chi connectivity index (χ0v) is 20.0. The molecule has 2 aromatic rings. The highest BCUT2D eigenvalue weighted by Crippen LogP contribution is 2.26. The van der Waals surface area contributed by atoms with E-state index in [0.717, 1.165) is 47.4 Å². The fourth-order valence-electron chi connectivity index (χ4n) is 2.36. The molecule has 0 aliphatic heterocycles. The van der Waals surface area contributed by atoms with Crippen molar-refractivity contribution in [2.45, 2.75) is 19.6 Å². The fraction of sp³-hybridized carbons (Fsp3) is 0.368. The van der Waals surface area contributed by atoms with Crippen LogP contribution in [0.4, 0.5) is 0 Å². The minimum Gasteiger partial charge on any atom is -0.489 e. The van der Waals surface area contributed by atoms with Gasteiger partial charge in [0, 0.05) is 32.2 Å². The average molecular weight is 519 g/mol. The van der Waals surface area contributed by atoms with Gasteiger partial charge in [0.25, 0.3) is 0 Å². The molecule has 0 radical (unpaired) electrons. The van der Waals surface area contributed by atoms with Crippen molar-refractivity contribution in [2.75, 3.05) is 27.2 Å². The van der Waals surface area contributed by atoms with Crippen molar-refractivity contribution in [3.8, 4) is 5.75 Å². The molecule has 0 spiro atoms. The lowest BCUT2D eigenvalue weighted by Gasteiger charge is -2.14. The lowest BCUT2D eigenvalue weighted by atomic mass is 10.2. The summed E-state index contributed by atoms with van der Waals surface area (Å²) in [7, 11) is 4.17. The van der Waals surface area contributed by atoms with Gasteiger partial charge in [0.1, 0.15) is 12.4 Å². The molecule has 2 aromatic carbocycles. The minimum absolute atomic E-state index is 0. The first-order valence-corrected chi connectivity index (χ1v) is 9.71. The summed E-state index contributed by atoms with van der Waals surface area (Å²) in [5.41, 5.74) is 2.03. The van der Waals surface area contributed by atoms with E-state index in [4.69, 9.17) is 27.9 Å². The lowest BCUT2D eigenvalue weighted by Crippen LogP contribution is -2.21. The van der Waals surface area contributed by atoms with Gasteiger partial charge in [0.15, 0.2) is 0 Å². The molecule has 0 atom stereocenters. The second-order valence-corrected chi connectivity index (χ2v) is 7.87. The molecule has 2 rings (SSSR count). The Bertz CT molecular complexity index is 701. The molecular weight excluding hydrogens is 494 g/mol. The summed E-state index contributed by atoms with van der Waals surface area (Å²) in [5.74, 6) is 0.856. The Morgan fingerprint density at radius 1 is 1.04 bits per heavy atom. The molecule has 0 heterocycles. The summed E-state index contributed by atoms with van der Waals surface area (Å²) in [6.07, 6.45) is 1.11. The van der Waals surface area contributed by atoms with E-state index in [9.17, 15) is 0 Å². The number of hydrogen-bond donors (Lipinski definition) is 1. The summed E-state index contributed by atoms with van der Waals surface area (Å²) in [5, 5.41) is 4.71. The quantitative estimate of drug-likeness (QED) is 0.399. The second kappa shape index (κ2) is 13.9. The summed E-state index contributed by atoms with van der Waals surface area (Å²) >= 11 is 15.7. The maximum Gasteiger partial charge on any atom is 0.124 e. The van der Waals surface area contributed by atoms with Gasteiger partial charge in [-0.05, 0) is 63.9 Å². The van der Waals surface area contributed by atoms with E-state index >= 15 is 0 Å². The van der Waals surface area contributed by atoms with Crippen LogP contribution in [-0.2, 0) is 13.2 Å². The highest BCUT2D eigenvalue weighted by molar-refractivity contribution is 9.10. The van der Waals surface area contributed by atoms with Gasteiger partial charge in [-0.1, -0.05) is 45.2 Å². The molecule has 3 nitrogen and oxygen atoms in total. The third-order valence-electron chi connectivity index (χ3n) is 3.70. The molecule has 0 amide bonds. The van der Waals surface area contributed by atoms with E-state index in [1.54, 1.807) is 6.07 Å². The number of rotatable bonds is 9. The smallest absolute Gasteiger partial charge is 0.124 e. The molecule has 0 bridgehead atoms. The van der Waals surface area contributed by atoms with Gasteiger partial charge in [0.2, 0.25) is 0 Å².